The summed E-state index contributed by atoms with van der Waals surface area (Å²) in [6.07, 6.45) is -2.58. The summed E-state index contributed by atoms with van der Waals surface area (Å²) in [5.41, 5.74) is 5.64. The van der Waals surface area contributed by atoms with Crippen molar-refractivity contribution in [3.63, 3.8) is 0 Å². The van der Waals surface area contributed by atoms with Crippen molar-refractivity contribution >= 4 is 0 Å². The van der Waals surface area contributed by atoms with E-state index in [4.69, 9.17) is 5.73 Å². The predicted molar refractivity (Wildman–Crippen MR) is 61.7 cm³/mol. The lowest BCUT2D eigenvalue weighted by Crippen LogP contribution is -2.23. The molecule has 0 radical (unpaired) electrons. The number of nitrogens with two attached hydrogens (primary N) is 1. The summed E-state index contributed by atoms with van der Waals surface area (Å²) >= 11 is 0. The van der Waals surface area contributed by atoms with Gasteiger partial charge in [0.1, 0.15) is 0 Å². The lowest BCUT2D eigenvalue weighted by molar-refractivity contribution is -0.137. The fourth-order valence-electron chi connectivity index (χ4n) is 1.50. The summed E-state index contributed by atoms with van der Waals surface area (Å²) in [5.74, 6) is 0. The van der Waals surface area contributed by atoms with Crippen molar-refractivity contribution in [2.45, 2.75) is 19.0 Å². The molecule has 0 aliphatic heterocycles. The van der Waals surface area contributed by atoms with Gasteiger partial charge in [-0.15, -0.1) is 0 Å². The normalized spacial score (nSPS) is 11.8. The van der Waals surface area contributed by atoms with E-state index in [1.807, 2.05) is 0 Å². The van der Waals surface area contributed by atoms with E-state index < -0.39 is 11.7 Å². The average Bonchev–Trinajstić information content (AvgIpc) is 2.28. The van der Waals surface area contributed by atoms with Crippen molar-refractivity contribution in [1.29, 1.82) is 0 Å². The van der Waals surface area contributed by atoms with E-state index in [1.54, 1.807) is 0 Å². The van der Waals surface area contributed by atoms with Crippen LogP contribution >= 0.6 is 0 Å². The van der Waals surface area contributed by atoms with E-state index >= 15 is 0 Å². The maximum atomic E-state index is 12.3. The molecule has 0 fully saturated rings. The minimum atomic E-state index is -4.25. The molecule has 0 atom stereocenters. The predicted octanol–water partition coefficient (Wildman–Crippen LogP) is 2.19. The molecular weight excluding hydrogens is 229 g/mol. The summed E-state index contributed by atoms with van der Waals surface area (Å²) in [7, 11) is 0. The first kappa shape index (κ1) is 14.0. The third kappa shape index (κ3) is 5.19. The van der Waals surface area contributed by atoms with Crippen molar-refractivity contribution in [2.75, 3.05) is 19.6 Å². The van der Waals surface area contributed by atoms with Crippen LogP contribution in [0.1, 0.15) is 17.5 Å². The largest absolute Gasteiger partial charge is 0.416 e. The topological polar surface area (TPSA) is 38.0 Å². The number of aryl methyl sites for hydroxylation is 1. The molecule has 1 rings (SSSR count). The fourth-order valence-corrected chi connectivity index (χ4v) is 1.50. The van der Waals surface area contributed by atoms with Crippen LogP contribution in [0.15, 0.2) is 24.3 Å². The molecule has 0 saturated heterocycles. The number of benzene rings is 1. The molecule has 0 aliphatic carbocycles. The molecule has 0 aliphatic rings. The van der Waals surface area contributed by atoms with E-state index in [1.165, 1.54) is 12.1 Å². The quantitative estimate of drug-likeness (QED) is 0.755. The molecule has 0 heterocycles. The highest BCUT2D eigenvalue weighted by molar-refractivity contribution is 5.24. The van der Waals surface area contributed by atoms with E-state index in [0.717, 1.165) is 43.6 Å². The molecule has 5 heteroatoms. The molecule has 0 amide bonds. The maximum absolute atomic E-state index is 12.3. The van der Waals surface area contributed by atoms with Crippen LogP contribution in [0.4, 0.5) is 13.2 Å². The van der Waals surface area contributed by atoms with Crippen LogP contribution in [0.3, 0.4) is 0 Å². The smallest absolute Gasteiger partial charge is 0.329 e. The number of nitrogens with one attached hydrogen (secondary N) is 1. The first-order valence-corrected chi connectivity index (χ1v) is 5.61. The van der Waals surface area contributed by atoms with Gasteiger partial charge in [0.15, 0.2) is 0 Å². The summed E-state index contributed by atoms with van der Waals surface area (Å²) in [6.45, 7) is 2.20. The Morgan fingerprint density at radius 2 is 1.71 bits per heavy atom. The van der Waals surface area contributed by atoms with E-state index in [-0.39, 0.29) is 0 Å². The highest BCUT2D eigenvalue weighted by atomic mass is 19.4. The third-order valence-corrected chi connectivity index (χ3v) is 2.42. The zero-order valence-corrected chi connectivity index (χ0v) is 9.56. The average molecular weight is 246 g/mol. The first-order valence-electron chi connectivity index (χ1n) is 5.61. The van der Waals surface area contributed by atoms with E-state index in [0.29, 0.717) is 6.54 Å². The molecule has 17 heavy (non-hydrogen) atoms. The molecule has 1 aromatic carbocycles. The summed E-state index contributed by atoms with van der Waals surface area (Å²) in [6, 6.07) is 5.32. The van der Waals surface area contributed by atoms with Crippen molar-refractivity contribution in [1.82, 2.24) is 5.32 Å². The monoisotopic (exact) mass is 246 g/mol. The highest BCUT2D eigenvalue weighted by Gasteiger charge is 2.29. The fraction of sp³-hybridized carbons (Fsp3) is 0.500. The Labute approximate surface area is 99.0 Å². The Balaban J connectivity index is 2.36. The molecule has 0 spiro atoms. The zero-order chi connectivity index (χ0) is 12.7. The summed E-state index contributed by atoms with van der Waals surface area (Å²) in [5, 5.41) is 3.14. The Hall–Kier alpha value is -1.07. The number of rotatable bonds is 6. The van der Waals surface area contributed by atoms with Gasteiger partial charge in [-0.05, 0) is 37.1 Å². The van der Waals surface area contributed by atoms with Gasteiger partial charge < -0.3 is 11.1 Å². The van der Waals surface area contributed by atoms with Crippen molar-refractivity contribution in [3.8, 4) is 0 Å². The second-order valence-electron chi connectivity index (χ2n) is 3.84. The SMILES string of the molecule is NCCNCCCc1ccc(C(F)(F)F)cc1. The van der Waals surface area contributed by atoms with Crippen LogP contribution in [0.5, 0.6) is 0 Å². The van der Waals surface area contributed by atoms with Crippen LogP contribution in [0.2, 0.25) is 0 Å². The number of hydrogen-bond donors (Lipinski definition) is 2. The van der Waals surface area contributed by atoms with Gasteiger partial charge in [-0.1, -0.05) is 12.1 Å². The molecule has 0 unspecified atom stereocenters. The number of alkyl halides is 3. The zero-order valence-electron chi connectivity index (χ0n) is 9.56. The number of halogens is 3. The molecular formula is C12H17F3N2. The molecule has 96 valence electrons. The molecule has 2 nitrogen and oxygen atoms in total. The minimum absolute atomic E-state index is 0.595. The van der Waals surface area contributed by atoms with Crippen LogP contribution in [-0.4, -0.2) is 19.6 Å². The van der Waals surface area contributed by atoms with Crippen LogP contribution in [-0.2, 0) is 12.6 Å². The molecule has 0 bridgehead atoms. The van der Waals surface area contributed by atoms with E-state index in [9.17, 15) is 13.2 Å². The summed E-state index contributed by atoms with van der Waals surface area (Å²) < 4.78 is 36.9. The van der Waals surface area contributed by atoms with Gasteiger partial charge >= 0.3 is 6.18 Å². The highest BCUT2D eigenvalue weighted by Crippen LogP contribution is 2.29. The second-order valence-corrected chi connectivity index (χ2v) is 3.84. The molecule has 0 saturated carbocycles. The molecule has 0 aromatic heterocycles. The summed E-state index contributed by atoms with van der Waals surface area (Å²) in [4.78, 5) is 0. The maximum Gasteiger partial charge on any atom is 0.416 e. The van der Waals surface area contributed by atoms with Crippen LogP contribution in [0.25, 0.3) is 0 Å². The standard InChI is InChI=1S/C12H17F3N2/c13-12(14,15)11-5-3-10(4-6-11)2-1-8-17-9-7-16/h3-6,17H,1-2,7-9,16H2. The number of hydrogen-bond acceptors (Lipinski definition) is 2. The van der Waals surface area contributed by atoms with Crippen molar-refractivity contribution in [3.05, 3.63) is 35.4 Å². The van der Waals surface area contributed by atoms with Crippen LogP contribution in [0, 0.1) is 0 Å². The van der Waals surface area contributed by atoms with Gasteiger partial charge in [0.05, 0.1) is 5.56 Å². The lowest BCUT2D eigenvalue weighted by Gasteiger charge is -2.07. The van der Waals surface area contributed by atoms with Crippen molar-refractivity contribution in [2.24, 2.45) is 5.73 Å². The third-order valence-electron chi connectivity index (χ3n) is 2.42. The van der Waals surface area contributed by atoms with Gasteiger partial charge in [-0.25, -0.2) is 0 Å². The van der Waals surface area contributed by atoms with Gasteiger partial charge in [-0.3, -0.25) is 0 Å². The van der Waals surface area contributed by atoms with Crippen molar-refractivity contribution < 1.29 is 13.2 Å². The lowest BCUT2D eigenvalue weighted by atomic mass is 10.1. The molecule has 1 aromatic rings. The Bertz CT molecular complexity index is 320. The van der Waals surface area contributed by atoms with Crippen LogP contribution < -0.4 is 11.1 Å². The molecule has 3 N–H and O–H groups in total. The first-order chi connectivity index (χ1) is 8.04. The van der Waals surface area contributed by atoms with Gasteiger partial charge in [0.25, 0.3) is 0 Å². The second kappa shape index (κ2) is 6.61. The van der Waals surface area contributed by atoms with Gasteiger partial charge in [0, 0.05) is 13.1 Å². The Morgan fingerprint density at radius 1 is 1.06 bits per heavy atom. The van der Waals surface area contributed by atoms with Gasteiger partial charge in [-0.2, -0.15) is 13.2 Å². The Morgan fingerprint density at radius 3 is 2.24 bits per heavy atom. The van der Waals surface area contributed by atoms with Gasteiger partial charge in [0.2, 0.25) is 0 Å². The Kier molecular flexibility index (Phi) is 5.44. The minimum Gasteiger partial charge on any atom is -0.329 e. The van der Waals surface area contributed by atoms with E-state index in [2.05, 4.69) is 5.32 Å².